The summed E-state index contributed by atoms with van der Waals surface area (Å²) in [5, 5.41) is 61.0. The van der Waals surface area contributed by atoms with Crippen LogP contribution in [0, 0.1) is 0 Å². The van der Waals surface area contributed by atoms with Gasteiger partial charge in [0.2, 0.25) is 5.75 Å². The molecule has 1 aromatic heterocycles. The average molecular weight is 500 g/mol. The number of rotatable bonds is 3. The summed E-state index contributed by atoms with van der Waals surface area (Å²) in [7, 11) is 5.62. The molecule has 3 rings (SSSR count). The van der Waals surface area contributed by atoms with E-state index < -0.39 is 34.9 Å². The first kappa shape index (κ1) is 19.9. The number of benzene rings is 2. The fraction of sp³-hybridized carbons (Fsp3) is 0.176. The smallest absolute Gasteiger partial charge is 0.201 e. The van der Waals surface area contributed by atoms with Crippen LogP contribution in [0.25, 0.3) is 11.0 Å². The van der Waals surface area contributed by atoms with Gasteiger partial charge in [-0.15, -0.1) is 0 Å². The molecule has 2 unspecified atom stereocenters. The Morgan fingerprint density at radius 3 is 2.00 bits per heavy atom. The van der Waals surface area contributed by atoms with Crippen molar-refractivity contribution in [3.63, 3.8) is 0 Å². The van der Waals surface area contributed by atoms with Crippen LogP contribution in [0.4, 0.5) is 0 Å². The second-order valence-corrected chi connectivity index (χ2v) is 7.66. The molecule has 2 aromatic carbocycles. The fourth-order valence-electron chi connectivity index (χ4n) is 2.84. The Balaban J connectivity index is 2.38. The summed E-state index contributed by atoms with van der Waals surface area (Å²) in [5.74, 6) is -2.32. The molecule has 0 aliphatic heterocycles. The lowest BCUT2D eigenvalue weighted by atomic mass is 9.88. The molecule has 0 spiro atoms. The van der Waals surface area contributed by atoms with Crippen LogP contribution in [0.3, 0.4) is 0 Å². The SMILES string of the molecule is [B]c1c(O)c(O)c2oc(C(C)O)c(C(O)c3cc(Br)c(O)c(Br)c3)c2c1O. The molecule has 6 N–H and O–H groups in total. The van der Waals surface area contributed by atoms with Crippen LogP contribution in [0.2, 0.25) is 0 Å². The first-order valence-electron chi connectivity index (χ1n) is 7.58. The molecule has 2 radical (unpaired) electrons. The van der Waals surface area contributed by atoms with Crippen molar-refractivity contribution < 1.29 is 35.1 Å². The molecular formula is C17H13BBr2O7. The molecule has 0 aliphatic carbocycles. The van der Waals surface area contributed by atoms with Crippen LogP contribution in [-0.2, 0) is 0 Å². The molecule has 0 saturated carbocycles. The normalized spacial score (nSPS) is 13.8. The van der Waals surface area contributed by atoms with E-state index in [1.165, 1.54) is 19.1 Å². The van der Waals surface area contributed by atoms with Gasteiger partial charge in [0.15, 0.2) is 11.3 Å². The largest absolute Gasteiger partial charge is 0.508 e. The van der Waals surface area contributed by atoms with E-state index in [0.29, 0.717) is 8.95 Å². The predicted octanol–water partition coefficient (Wildman–Crippen LogP) is 2.71. The van der Waals surface area contributed by atoms with Gasteiger partial charge in [-0.2, -0.15) is 0 Å². The first-order valence-corrected chi connectivity index (χ1v) is 9.17. The minimum absolute atomic E-state index is 0.0380. The third-order valence-electron chi connectivity index (χ3n) is 4.17. The maximum atomic E-state index is 10.9. The first-order chi connectivity index (χ1) is 12.6. The number of aliphatic hydroxyl groups is 2. The van der Waals surface area contributed by atoms with Gasteiger partial charge < -0.3 is 35.1 Å². The minimum atomic E-state index is -1.43. The van der Waals surface area contributed by atoms with Gasteiger partial charge in [0.05, 0.1) is 14.3 Å². The standard InChI is InChI=1S/C17H13BBr2O7/c1-4(21)16-8(11(22)5-2-6(19)12(23)7(20)3-5)9-13(24)10(18)14(25)15(26)17(9)27-16/h2-4,11,21-26H,1H3. The Morgan fingerprint density at radius 1 is 0.926 bits per heavy atom. The highest BCUT2D eigenvalue weighted by molar-refractivity contribution is 9.11. The summed E-state index contributed by atoms with van der Waals surface area (Å²) in [6.45, 7) is 1.37. The zero-order valence-corrected chi connectivity index (χ0v) is 16.9. The predicted molar refractivity (Wildman–Crippen MR) is 105 cm³/mol. The number of aromatic hydroxyl groups is 4. The fourth-order valence-corrected chi connectivity index (χ4v) is 4.06. The van der Waals surface area contributed by atoms with Gasteiger partial charge >= 0.3 is 0 Å². The molecule has 3 aromatic rings. The second-order valence-electron chi connectivity index (χ2n) is 5.96. The van der Waals surface area contributed by atoms with E-state index in [1.807, 2.05) is 0 Å². The number of phenols is 4. The lowest BCUT2D eigenvalue weighted by Gasteiger charge is -2.16. The third kappa shape index (κ3) is 3.06. The highest BCUT2D eigenvalue weighted by atomic mass is 79.9. The molecule has 2 atom stereocenters. The molecule has 7 nitrogen and oxygen atoms in total. The number of hydrogen-bond donors (Lipinski definition) is 6. The molecular weight excluding hydrogens is 487 g/mol. The molecule has 0 saturated heterocycles. The average Bonchev–Trinajstić information content (AvgIpc) is 3.02. The van der Waals surface area contributed by atoms with E-state index in [1.54, 1.807) is 0 Å². The van der Waals surface area contributed by atoms with Crippen molar-refractivity contribution >= 4 is 56.1 Å². The van der Waals surface area contributed by atoms with Crippen LogP contribution < -0.4 is 5.46 Å². The van der Waals surface area contributed by atoms with E-state index in [2.05, 4.69) is 31.9 Å². The van der Waals surface area contributed by atoms with Crippen molar-refractivity contribution in [3.8, 4) is 23.0 Å². The maximum Gasteiger partial charge on any atom is 0.201 e. The summed E-state index contributed by atoms with van der Waals surface area (Å²) in [5.41, 5.74) is -0.591. The van der Waals surface area contributed by atoms with Crippen LogP contribution in [-0.4, -0.2) is 38.5 Å². The molecule has 0 aliphatic rings. The van der Waals surface area contributed by atoms with Gasteiger partial charge in [0, 0.05) is 5.56 Å². The van der Waals surface area contributed by atoms with Crippen molar-refractivity contribution in [2.24, 2.45) is 0 Å². The number of phenolic OH excluding ortho intramolecular Hbond substituents is 4. The van der Waals surface area contributed by atoms with Crippen molar-refractivity contribution in [2.45, 2.75) is 19.1 Å². The zero-order chi connectivity index (χ0) is 20.2. The Labute approximate surface area is 171 Å². The van der Waals surface area contributed by atoms with E-state index in [-0.39, 0.29) is 33.6 Å². The maximum absolute atomic E-state index is 10.9. The summed E-state index contributed by atoms with van der Waals surface area (Å²) in [6.07, 6.45) is -2.65. The molecule has 0 amide bonds. The Bertz CT molecular complexity index is 1040. The van der Waals surface area contributed by atoms with Gasteiger partial charge in [0.1, 0.15) is 37.3 Å². The van der Waals surface area contributed by atoms with Crippen LogP contribution in [0.1, 0.15) is 36.0 Å². The Kier molecular flexibility index (Phi) is 5.11. The number of furan rings is 1. The molecule has 10 heteroatoms. The van der Waals surface area contributed by atoms with Crippen molar-refractivity contribution in [1.29, 1.82) is 0 Å². The van der Waals surface area contributed by atoms with E-state index in [9.17, 15) is 30.6 Å². The van der Waals surface area contributed by atoms with E-state index in [0.717, 1.165) is 0 Å². The zero-order valence-electron chi connectivity index (χ0n) is 13.7. The summed E-state index contributed by atoms with van der Waals surface area (Å²) < 4.78 is 6.01. The van der Waals surface area contributed by atoms with Gasteiger partial charge in [-0.25, -0.2) is 0 Å². The van der Waals surface area contributed by atoms with Crippen LogP contribution in [0.5, 0.6) is 23.0 Å². The number of fused-ring (bicyclic) bond motifs is 1. The van der Waals surface area contributed by atoms with Crippen LogP contribution in [0.15, 0.2) is 25.5 Å². The van der Waals surface area contributed by atoms with Crippen molar-refractivity contribution in [1.82, 2.24) is 0 Å². The van der Waals surface area contributed by atoms with Crippen molar-refractivity contribution in [3.05, 3.63) is 38.0 Å². The Morgan fingerprint density at radius 2 is 1.48 bits per heavy atom. The van der Waals surface area contributed by atoms with Crippen molar-refractivity contribution in [2.75, 3.05) is 0 Å². The van der Waals surface area contributed by atoms with Gasteiger partial charge in [0.25, 0.3) is 0 Å². The number of aliphatic hydroxyl groups excluding tert-OH is 2. The summed E-state index contributed by atoms with van der Waals surface area (Å²) >= 11 is 6.33. The molecule has 1 heterocycles. The second kappa shape index (κ2) is 6.94. The highest BCUT2D eigenvalue weighted by Gasteiger charge is 2.31. The van der Waals surface area contributed by atoms with E-state index >= 15 is 0 Å². The number of halogens is 2. The topological polar surface area (TPSA) is 135 Å². The monoisotopic (exact) mass is 498 g/mol. The highest BCUT2D eigenvalue weighted by Crippen LogP contribution is 2.47. The molecule has 27 heavy (non-hydrogen) atoms. The van der Waals surface area contributed by atoms with Gasteiger partial charge in [-0.3, -0.25) is 0 Å². The molecule has 0 bridgehead atoms. The molecule has 140 valence electrons. The summed E-state index contributed by atoms with van der Waals surface area (Å²) in [6, 6.07) is 2.88. The third-order valence-corrected chi connectivity index (χ3v) is 5.38. The van der Waals surface area contributed by atoms with Crippen LogP contribution >= 0.6 is 31.9 Å². The number of hydrogen-bond acceptors (Lipinski definition) is 7. The lowest BCUT2D eigenvalue weighted by molar-refractivity contribution is 0.159. The minimum Gasteiger partial charge on any atom is -0.508 e. The van der Waals surface area contributed by atoms with E-state index in [4.69, 9.17) is 12.3 Å². The van der Waals surface area contributed by atoms with Gasteiger partial charge in [-0.1, -0.05) is 0 Å². The summed E-state index contributed by atoms with van der Waals surface area (Å²) in [4.78, 5) is 0. The quantitative estimate of drug-likeness (QED) is 0.185. The molecule has 0 fully saturated rings. The lowest BCUT2D eigenvalue weighted by Crippen LogP contribution is -2.07. The Hall–Kier alpha value is -1.88. The van der Waals surface area contributed by atoms with Gasteiger partial charge in [-0.05, 0) is 61.9 Å².